The molecular weight excluding hydrogens is 1700 g/mol. The van der Waals surface area contributed by atoms with Crippen LogP contribution in [-0.4, -0.2) is 380 Å². The number of hydrogen-bond donors (Lipinski definition) is 22. The summed E-state index contributed by atoms with van der Waals surface area (Å²) in [5, 5.41) is 207. The number of aliphatic hydroxyl groups excluding tert-OH is 16. The summed E-state index contributed by atoms with van der Waals surface area (Å²) in [7, 11) is 0. The molecule has 0 aromatic rings. The summed E-state index contributed by atoms with van der Waals surface area (Å²) in [5.41, 5.74) is 0.0175. The van der Waals surface area contributed by atoms with E-state index in [1.807, 2.05) is 0 Å². The third-order valence-electron chi connectivity index (χ3n) is 32.4. The van der Waals surface area contributed by atoms with E-state index in [1.165, 1.54) is 26.2 Å². The number of amides is 1. The lowest BCUT2D eigenvalue weighted by atomic mass is 9.33. The molecule has 0 aromatic heterocycles. The topological polar surface area (TPSA) is 581 Å². The summed E-state index contributed by atoms with van der Waals surface area (Å²) in [4.78, 5) is 31.1. The van der Waals surface area contributed by atoms with Gasteiger partial charge in [-0.15, -0.1) is 0 Å². The maximum atomic E-state index is 16.1. The molecule has 11 fully saturated rings. The molecule has 0 spiro atoms. The van der Waals surface area contributed by atoms with E-state index in [0.717, 1.165) is 96.0 Å². The Bertz CT molecular complexity index is 3560. The van der Waals surface area contributed by atoms with Crippen LogP contribution in [0.2, 0.25) is 0 Å². The van der Waals surface area contributed by atoms with Crippen molar-refractivity contribution >= 4 is 11.9 Å². The van der Waals surface area contributed by atoms with E-state index in [1.54, 1.807) is 13.8 Å². The third kappa shape index (κ3) is 22.4. The second-order valence-corrected chi connectivity index (χ2v) is 41.7. The maximum absolute atomic E-state index is 16.1. The monoisotopic (exact) mass is 1860 g/mol. The van der Waals surface area contributed by atoms with Gasteiger partial charge in [0.2, 0.25) is 6.29 Å². The van der Waals surface area contributed by atoms with Crippen LogP contribution in [0.4, 0.5) is 0 Å². The Kier molecular flexibility index (Phi) is 37.3. The molecule has 12 aliphatic rings. The lowest BCUT2D eigenvalue weighted by Gasteiger charge is -2.72. The van der Waals surface area contributed by atoms with E-state index < -0.39 is 280 Å². The van der Waals surface area contributed by atoms with Crippen molar-refractivity contribution in [2.24, 2.45) is 61.9 Å². The molecule has 752 valence electrons. The van der Waals surface area contributed by atoms with Crippen molar-refractivity contribution in [3.63, 3.8) is 0 Å². The quantitative estimate of drug-likeness (QED) is 0.0150. The Morgan fingerprint density at radius 3 is 1.76 bits per heavy atom. The zero-order valence-corrected chi connectivity index (χ0v) is 78.0. The molecule has 5 aliphatic carbocycles. The van der Waals surface area contributed by atoms with Crippen LogP contribution in [0.3, 0.4) is 0 Å². The highest BCUT2D eigenvalue weighted by Gasteiger charge is 2.73. The second kappa shape index (κ2) is 45.7. The van der Waals surface area contributed by atoms with Crippen LogP contribution >= 0.6 is 0 Å². The van der Waals surface area contributed by atoms with Gasteiger partial charge in [0, 0.05) is 24.4 Å². The molecule has 1 amide bonds. The number of rotatable bonds is 42. The summed E-state index contributed by atoms with van der Waals surface area (Å²) < 4.78 is 88.1. The molecule has 130 heavy (non-hydrogen) atoms. The Balaban J connectivity index is 0.812. The summed E-state index contributed by atoms with van der Waals surface area (Å²) in [6.07, 6.45) is -29.8. The highest BCUT2D eigenvalue weighted by Crippen LogP contribution is 2.76. The Morgan fingerprint density at radius 2 is 1.09 bits per heavy atom. The molecule has 41 atom stereocenters. The fourth-order valence-electron chi connectivity index (χ4n) is 24.0. The largest absolute Gasteiger partial charge is 0.432 e. The smallest absolute Gasteiger partial charge is 0.317 e. The van der Waals surface area contributed by atoms with Crippen LogP contribution in [0, 0.1) is 56.2 Å². The maximum Gasteiger partial charge on any atom is 0.317 e. The number of ether oxygens (including phenoxy) is 14. The summed E-state index contributed by atoms with van der Waals surface area (Å²) in [5.74, 6) is -3.31. The van der Waals surface area contributed by atoms with Crippen molar-refractivity contribution in [1.29, 1.82) is 0 Å². The predicted octanol–water partition coefficient (Wildman–Crippen LogP) is -1.03. The molecule has 38 nitrogen and oxygen atoms in total. The van der Waals surface area contributed by atoms with Crippen molar-refractivity contribution < 1.29 is 163 Å². The molecule has 38 heteroatoms. The van der Waals surface area contributed by atoms with Crippen molar-refractivity contribution in [3.05, 3.63) is 11.6 Å². The first kappa shape index (κ1) is 106. The molecule has 34 unspecified atom stereocenters. The summed E-state index contributed by atoms with van der Waals surface area (Å²) in [6, 6.07) is 0. The Hall–Kier alpha value is -2.68. The van der Waals surface area contributed by atoms with Gasteiger partial charge in [0.25, 0.3) is 5.91 Å². The van der Waals surface area contributed by atoms with E-state index in [-0.39, 0.29) is 36.6 Å². The number of allylic oxidation sites excluding steroid dienone is 2. The SMILES string of the molecule is CCCCCCCCCCCCNC(=O)C1OC(O[C@H]2CC[C@@]3(C)C(CC[C@]4(C)C3CC=C3C5CC(C)(C)CC[C@]5(C(=O)OC5OC(C)C(O)C(O)C5OC5OC(C)C(OC6OCC(O)C(OC7OCC(O)(CO)C7O)C6O)C(C)C5O)[C@H](O)C[C@]34C)[C@]2(C)CNCCCNCCCCNCCCN)C(OC2OC(CO)C(O)C(O)C2O)C(OC2OCC(O)C(O)C2O)C1O. The molecule has 7 heterocycles. The molecule has 7 saturated heterocycles. The van der Waals surface area contributed by atoms with Crippen LogP contribution in [0.25, 0.3) is 0 Å². The molecule has 7 aliphatic heterocycles. The zero-order chi connectivity index (χ0) is 94.3. The molecule has 12 rings (SSSR count). The van der Waals surface area contributed by atoms with Crippen molar-refractivity contribution in [2.45, 2.75) is 413 Å². The van der Waals surface area contributed by atoms with Gasteiger partial charge in [0.05, 0.1) is 63.6 Å². The number of esters is 1. The first-order valence-electron chi connectivity index (χ1n) is 48.6. The molecule has 0 bridgehead atoms. The lowest BCUT2D eigenvalue weighted by molar-refractivity contribution is -0.392. The number of nitrogens with two attached hydrogens (primary N) is 1. The van der Waals surface area contributed by atoms with E-state index in [4.69, 9.17) is 72.0 Å². The van der Waals surface area contributed by atoms with Crippen LogP contribution in [0.15, 0.2) is 11.6 Å². The first-order chi connectivity index (χ1) is 61.7. The highest BCUT2D eigenvalue weighted by atomic mass is 16.8. The van der Waals surface area contributed by atoms with Crippen LogP contribution < -0.4 is 27.0 Å². The number of hydrogen-bond acceptors (Lipinski definition) is 37. The number of aliphatic hydroxyl groups is 17. The van der Waals surface area contributed by atoms with Gasteiger partial charge >= 0.3 is 5.97 Å². The van der Waals surface area contributed by atoms with Crippen LogP contribution in [0.1, 0.15) is 217 Å². The number of carbonyl (C=O) groups is 2. The minimum absolute atomic E-state index is 0.0802. The standard InChI is InChI=1S/C92H161N5O33/c1-11-12-13-14-15-16-17-18-19-20-39-97-77(114)73-68(111)72(126-78-66(109)62(105)53(100)43-117-78)75(129-81-67(110)64(107)63(106)55(42-98)122-81)83(127-73)123-59-28-29-87(7)56(88(59,8)45-96-38-24-37-95-35-22-21-34-94-36-23-33-93)27-30-89(9)57(87)26-25-51-52-40-86(5,6)31-32-92(52,58(102)41-90(51,89)10)85(115)130-82-74(65(108)61(104)49(3)120-82)128-80-60(103)48(2)70(50(4)121-80)124-79-69(112)71(54(101)44-118-79)125-84-76(113)91(116,46-99)47-119-84/h25,48-50,52-76,78-84,94-96,98-113,116H,11-24,26-47,93H2,1-10H3,(H,97,114)/t48?,49?,50?,52?,53?,54?,55?,56?,57?,58-,59+,60?,61?,62?,63?,64?,65?,66?,67?,68?,69?,70?,71?,72?,73?,74?,75?,76?,78?,79?,80?,81?,82?,83?,84?,87+,88+,89-,90-,91?,92-/m1/s1. The van der Waals surface area contributed by atoms with E-state index in [2.05, 4.69) is 75.8 Å². The van der Waals surface area contributed by atoms with Crippen LogP contribution in [0.5, 0.6) is 0 Å². The van der Waals surface area contributed by atoms with Crippen LogP contribution in [-0.2, 0) is 75.9 Å². The van der Waals surface area contributed by atoms with Gasteiger partial charge in [0.1, 0.15) is 115 Å². The molecule has 0 aromatic carbocycles. The van der Waals surface area contributed by atoms with Gasteiger partial charge in [-0.2, -0.15) is 0 Å². The highest BCUT2D eigenvalue weighted by molar-refractivity contribution is 5.82. The van der Waals surface area contributed by atoms with Crippen molar-refractivity contribution in [1.82, 2.24) is 21.3 Å². The van der Waals surface area contributed by atoms with Gasteiger partial charge in [0.15, 0.2) is 49.9 Å². The van der Waals surface area contributed by atoms with E-state index in [9.17, 15) is 91.6 Å². The third-order valence-corrected chi connectivity index (χ3v) is 32.4. The Labute approximate surface area is 764 Å². The predicted molar refractivity (Wildman–Crippen MR) is 463 cm³/mol. The number of nitrogens with one attached hydrogen (secondary N) is 4. The lowest BCUT2D eigenvalue weighted by Crippen LogP contribution is -2.70. The number of fused-ring (bicyclic) bond motifs is 7. The normalized spacial score (nSPS) is 46.7. The molecule has 4 saturated carbocycles. The van der Waals surface area contributed by atoms with Gasteiger partial charge in [-0.05, 0) is 182 Å². The average molecular weight is 1870 g/mol. The number of unbranched alkanes of at least 4 members (excludes halogenated alkanes) is 10. The van der Waals surface area contributed by atoms with E-state index in [0.29, 0.717) is 71.0 Å². The fourth-order valence-corrected chi connectivity index (χ4v) is 24.0. The Morgan fingerprint density at radius 1 is 0.500 bits per heavy atom. The average Bonchev–Trinajstić information content (AvgIpc) is 0.725. The number of carbonyl (C=O) groups excluding carboxylic acids is 2. The molecule has 23 N–H and O–H groups in total. The molecular formula is C92H161N5O33. The second-order valence-electron chi connectivity index (χ2n) is 41.7. The first-order valence-corrected chi connectivity index (χ1v) is 48.6. The van der Waals surface area contributed by atoms with E-state index >= 15 is 4.79 Å². The molecule has 0 radical (unpaired) electrons. The fraction of sp³-hybridized carbons (Fsp3) is 0.957. The van der Waals surface area contributed by atoms with Gasteiger partial charge in [-0.25, -0.2) is 0 Å². The van der Waals surface area contributed by atoms with Crippen molar-refractivity contribution in [3.8, 4) is 0 Å². The van der Waals surface area contributed by atoms with Gasteiger partial charge in [-0.3, -0.25) is 9.59 Å². The zero-order valence-electron chi connectivity index (χ0n) is 78.0. The summed E-state index contributed by atoms with van der Waals surface area (Å²) in [6.45, 7) is 22.2. The van der Waals surface area contributed by atoms with Gasteiger partial charge < -0.3 is 180 Å². The minimum Gasteiger partial charge on any atom is -0.432 e. The summed E-state index contributed by atoms with van der Waals surface area (Å²) >= 11 is 0. The van der Waals surface area contributed by atoms with Gasteiger partial charge in [-0.1, -0.05) is 125 Å². The minimum atomic E-state index is -2.07. The van der Waals surface area contributed by atoms with Crippen molar-refractivity contribution in [2.75, 3.05) is 85.4 Å².